The van der Waals surface area contributed by atoms with Crippen LogP contribution in [0.2, 0.25) is 0 Å². The molecule has 2 amide bonds. The molecule has 1 aromatic heterocycles. The molecule has 2 aliphatic rings. The van der Waals surface area contributed by atoms with Crippen LogP contribution < -0.4 is 10.9 Å². The Balaban J connectivity index is 1.63. The molecule has 0 aliphatic carbocycles. The number of anilines is 1. The Morgan fingerprint density at radius 1 is 1.27 bits per heavy atom. The van der Waals surface area contributed by atoms with E-state index in [-0.39, 0.29) is 41.4 Å². The first-order valence-corrected chi connectivity index (χ1v) is 7.43. The van der Waals surface area contributed by atoms with Crippen LogP contribution in [0.4, 0.5) is 5.69 Å². The van der Waals surface area contributed by atoms with Crippen molar-refractivity contribution < 1.29 is 9.59 Å². The molecule has 22 heavy (non-hydrogen) atoms. The number of carbonyl (C=O) groups excluding carboxylic acids is 2. The van der Waals surface area contributed by atoms with E-state index in [1.807, 2.05) is 7.05 Å². The average Bonchev–Trinajstić information content (AvgIpc) is 2.80. The molecular weight excluding hydrogens is 284 g/mol. The lowest BCUT2D eigenvalue weighted by molar-refractivity contribution is -0.132. The van der Waals surface area contributed by atoms with Gasteiger partial charge in [0.2, 0.25) is 11.8 Å². The lowest BCUT2D eigenvalue weighted by atomic mass is 10.1. The Morgan fingerprint density at radius 3 is 2.64 bits per heavy atom. The van der Waals surface area contributed by atoms with E-state index in [4.69, 9.17) is 0 Å². The van der Waals surface area contributed by atoms with Gasteiger partial charge in [0.1, 0.15) is 5.69 Å². The van der Waals surface area contributed by atoms with Crippen LogP contribution in [0.5, 0.6) is 0 Å². The molecule has 0 aromatic carbocycles. The van der Waals surface area contributed by atoms with Crippen molar-refractivity contribution in [2.45, 2.75) is 19.4 Å². The number of pyridine rings is 1. The fraction of sp³-hybridized carbons (Fsp3) is 0.533. The first-order valence-electron chi connectivity index (χ1n) is 7.43. The molecule has 7 heteroatoms. The number of aromatic amines is 1. The summed E-state index contributed by atoms with van der Waals surface area (Å²) in [5, 5.41) is 2.63. The van der Waals surface area contributed by atoms with Gasteiger partial charge in [0.15, 0.2) is 0 Å². The van der Waals surface area contributed by atoms with Crippen LogP contribution in [0.25, 0.3) is 0 Å². The quantitative estimate of drug-likeness (QED) is 0.809. The van der Waals surface area contributed by atoms with Crippen LogP contribution in [0.1, 0.15) is 12.1 Å². The fourth-order valence-electron chi connectivity index (χ4n) is 3.03. The first-order chi connectivity index (χ1) is 10.4. The molecule has 0 bridgehead atoms. The van der Waals surface area contributed by atoms with Crippen molar-refractivity contribution in [2.75, 3.05) is 32.0 Å². The fourth-order valence-corrected chi connectivity index (χ4v) is 3.03. The van der Waals surface area contributed by atoms with Gasteiger partial charge in [-0.3, -0.25) is 14.4 Å². The molecule has 2 saturated heterocycles. The minimum Gasteiger partial charge on any atom is -0.336 e. The van der Waals surface area contributed by atoms with Crippen LogP contribution in [0.15, 0.2) is 16.9 Å². The predicted octanol–water partition coefficient (Wildman–Crippen LogP) is -0.216. The SMILES string of the molecule is Cc1ccc(NC(=O)C2CC(=O)N(C3CN(C)C3)C2)c(=O)[nH]1. The van der Waals surface area contributed by atoms with Crippen molar-refractivity contribution in [3.05, 3.63) is 28.2 Å². The van der Waals surface area contributed by atoms with Crippen LogP contribution in [-0.4, -0.2) is 59.3 Å². The highest BCUT2D eigenvalue weighted by molar-refractivity contribution is 5.97. The number of rotatable bonds is 3. The molecule has 3 heterocycles. The first kappa shape index (κ1) is 14.8. The normalized spacial score (nSPS) is 22.7. The van der Waals surface area contributed by atoms with Crippen LogP contribution in [-0.2, 0) is 9.59 Å². The molecular formula is C15H20N4O3. The van der Waals surface area contributed by atoms with E-state index in [1.54, 1.807) is 24.0 Å². The van der Waals surface area contributed by atoms with Crippen molar-refractivity contribution >= 4 is 17.5 Å². The van der Waals surface area contributed by atoms with Crippen LogP contribution >= 0.6 is 0 Å². The number of nitrogens with one attached hydrogen (secondary N) is 2. The van der Waals surface area contributed by atoms with Gasteiger partial charge in [-0.05, 0) is 26.1 Å². The van der Waals surface area contributed by atoms with Crippen LogP contribution in [0, 0.1) is 12.8 Å². The Kier molecular flexibility index (Phi) is 3.74. The van der Waals surface area contributed by atoms with E-state index in [1.165, 1.54) is 0 Å². The highest BCUT2D eigenvalue weighted by atomic mass is 16.2. The summed E-state index contributed by atoms with van der Waals surface area (Å²) < 4.78 is 0. The second-order valence-electron chi connectivity index (χ2n) is 6.20. The highest BCUT2D eigenvalue weighted by Crippen LogP contribution is 2.24. The van der Waals surface area contributed by atoms with Gasteiger partial charge in [0.25, 0.3) is 5.56 Å². The summed E-state index contributed by atoms with van der Waals surface area (Å²) in [7, 11) is 2.00. The molecule has 1 unspecified atom stereocenters. The summed E-state index contributed by atoms with van der Waals surface area (Å²) in [5.41, 5.74) is 0.638. The predicted molar refractivity (Wildman–Crippen MR) is 81.5 cm³/mol. The largest absolute Gasteiger partial charge is 0.336 e. The summed E-state index contributed by atoms with van der Waals surface area (Å²) in [6, 6.07) is 3.53. The van der Waals surface area contributed by atoms with Crippen molar-refractivity contribution in [1.29, 1.82) is 0 Å². The zero-order valence-corrected chi connectivity index (χ0v) is 12.8. The highest BCUT2D eigenvalue weighted by Gasteiger charge is 2.41. The number of hydrogen-bond donors (Lipinski definition) is 2. The smallest absolute Gasteiger partial charge is 0.271 e. The van der Waals surface area contributed by atoms with Gasteiger partial charge in [-0.1, -0.05) is 0 Å². The lowest BCUT2D eigenvalue weighted by Gasteiger charge is -2.42. The van der Waals surface area contributed by atoms with Crippen molar-refractivity contribution in [3.63, 3.8) is 0 Å². The molecule has 1 atom stereocenters. The molecule has 118 valence electrons. The third kappa shape index (κ3) is 2.76. The maximum absolute atomic E-state index is 12.3. The Morgan fingerprint density at radius 2 is 2.00 bits per heavy atom. The second-order valence-corrected chi connectivity index (χ2v) is 6.20. The maximum atomic E-state index is 12.3. The number of H-pyrrole nitrogens is 1. The van der Waals surface area contributed by atoms with Gasteiger partial charge in [0.05, 0.1) is 12.0 Å². The zero-order valence-electron chi connectivity index (χ0n) is 12.8. The van der Waals surface area contributed by atoms with Gasteiger partial charge in [-0.15, -0.1) is 0 Å². The maximum Gasteiger partial charge on any atom is 0.271 e. The summed E-state index contributed by atoms with van der Waals surface area (Å²) in [4.78, 5) is 42.7. The van der Waals surface area contributed by atoms with E-state index in [0.717, 1.165) is 18.8 Å². The number of likely N-dealkylation sites (tertiary alicyclic amines) is 2. The number of likely N-dealkylation sites (N-methyl/N-ethyl adjacent to an activating group) is 1. The molecule has 3 rings (SSSR count). The summed E-state index contributed by atoms with van der Waals surface area (Å²) in [5.74, 6) is -0.631. The number of nitrogens with zero attached hydrogens (tertiary/aromatic N) is 2. The Labute approximate surface area is 128 Å². The minimum absolute atomic E-state index is 0.0241. The molecule has 7 nitrogen and oxygen atoms in total. The van der Waals surface area contributed by atoms with Crippen molar-refractivity contribution in [2.24, 2.45) is 5.92 Å². The number of carbonyl (C=O) groups is 2. The number of aromatic nitrogens is 1. The third-order valence-electron chi connectivity index (χ3n) is 4.33. The Bertz CT molecular complexity index is 663. The third-order valence-corrected chi connectivity index (χ3v) is 4.33. The van der Waals surface area contributed by atoms with Gasteiger partial charge >= 0.3 is 0 Å². The molecule has 0 spiro atoms. The van der Waals surface area contributed by atoms with E-state index in [9.17, 15) is 14.4 Å². The molecule has 2 aliphatic heterocycles. The van der Waals surface area contributed by atoms with E-state index in [0.29, 0.717) is 6.54 Å². The molecule has 2 fully saturated rings. The average molecular weight is 304 g/mol. The second kappa shape index (κ2) is 5.57. The Hall–Kier alpha value is -2.15. The van der Waals surface area contributed by atoms with Crippen LogP contribution in [0.3, 0.4) is 0 Å². The lowest BCUT2D eigenvalue weighted by Crippen LogP contribution is -2.58. The monoisotopic (exact) mass is 304 g/mol. The van der Waals surface area contributed by atoms with E-state index >= 15 is 0 Å². The van der Waals surface area contributed by atoms with E-state index < -0.39 is 0 Å². The number of aryl methyl sites for hydroxylation is 1. The topological polar surface area (TPSA) is 85.5 Å². The molecule has 2 N–H and O–H groups in total. The standard InChI is InChI=1S/C15H20N4O3/c1-9-3-4-12(15(22)16-9)17-14(21)10-5-13(20)19(6-10)11-7-18(2)8-11/h3-4,10-11H,5-8H2,1-2H3,(H,16,22)(H,17,21). The van der Waals surface area contributed by atoms with Gasteiger partial charge in [0, 0.05) is 31.7 Å². The van der Waals surface area contributed by atoms with Gasteiger partial charge < -0.3 is 20.1 Å². The van der Waals surface area contributed by atoms with E-state index in [2.05, 4.69) is 15.2 Å². The van der Waals surface area contributed by atoms with Gasteiger partial charge in [-0.25, -0.2) is 0 Å². The number of amides is 2. The molecule has 0 radical (unpaired) electrons. The molecule has 1 aromatic rings. The summed E-state index contributed by atoms with van der Waals surface area (Å²) in [6.45, 7) is 3.93. The molecule has 0 saturated carbocycles. The number of hydrogen-bond acceptors (Lipinski definition) is 4. The zero-order chi connectivity index (χ0) is 15.9. The van der Waals surface area contributed by atoms with Gasteiger partial charge in [-0.2, -0.15) is 0 Å². The van der Waals surface area contributed by atoms with Crippen molar-refractivity contribution in [3.8, 4) is 0 Å². The van der Waals surface area contributed by atoms with Crippen molar-refractivity contribution in [1.82, 2.24) is 14.8 Å². The minimum atomic E-state index is -0.390. The summed E-state index contributed by atoms with van der Waals surface area (Å²) in [6.07, 6.45) is 0.218. The summed E-state index contributed by atoms with van der Waals surface area (Å²) >= 11 is 0.